The molecule has 0 spiro atoms. The van der Waals surface area contributed by atoms with Crippen LogP contribution in [0.4, 0.5) is 0 Å². The lowest BCUT2D eigenvalue weighted by atomic mass is 9.26. The molecule has 0 saturated heterocycles. The molecule has 4 aromatic carbocycles. The van der Waals surface area contributed by atoms with Crippen molar-refractivity contribution >= 4 is 48.6 Å². The highest BCUT2D eigenvalue weighted by Gasteiger charge is 2.76. The van der Waals surface area contributed by atoms with Crippen LogP contribution in [0.25, 0.3) is 48.6 Å². The van der Waals surface area contributed by atoms with E-state index in [1.807, 2.05) is 0 Å². The zero-order chi connectivity index (χ0) is 47.4. The summed E-state index contributed by atoms with van der Waals surface area (Å²) in [5.41, 5.74) is 17.8. The number of hydrogen-bond donors (Lipinski definition) is 0. The first kappa shape index (κ1) is 46.5. The Balaban J connectivity index is 1.28. The van der Waals surface area contributed by atoms with Crippen molar-refractivity contribution < 1.29 is 0 Å². The molecule has 8 saturated carbocycles. The number of allylic oxidation sites excluding steroid dienone is 8. The van der Waals surface area contributed by atoms with E-state index in [1.54, 1.807) is 22.3 Å². The van der Waals surface area contributed by atoms with Crippen LogP contribution in [0, 0.1) is 22.7 Å². The summed E-state index contributed by atoms with van der Waals surface area (Å²) in [6, 6.07) is 30.8. The largest absolute Gasteiger partial charge is 0.0871 e. The molecule has 0 aromatic heterocycles. The second-order valence-corrected chi connectivity index (χ2v) is 23.3. The van der Waals surface area contributed by atoms with Gasteiger partial charge in [0.05, 0.1) is 0 Å². The van der Waals surface area contributed by atoms with Crippen molar-refractivity contribution in [3.8, 4) is 0 Å². The first-order valence-electron chi connectivity index (χ1n) is 26.6. The summed E-state index contributed by atoms with van der Waals surface area (Å²) >= 11 is 0. The average Bonchev–Trinajstić information content (AvgIpc) is 3.29. The summed E-state index contributed by atoms with van der Waals surface area (Å²) in [6.07, 6.45) is 52.6. The second-order valence-electron chi connectivity index (χ2n) is 23.3. The molecule has 68 heavy (non-hydrogen) atoms. The van der Waals surface area contributed by atoms with Gasteiger partial charge in [0.1, 0.15) is 0 Å². The van der Waals surface area contributed by atoms with Gasteiger partial charge in [-0.05, 0) is 268 Å². The monoisotopic (exact) mass is 895 g/mol. The van der Waals surface area contributed by atoms with Gasteiger partial charge in [-0.15, -0.1) is 0 Å². The van der Waals surface area contributed by atoms with E-state index in [1.165, 1.54) is 122 Å². The zero-order valence-electron chi connectivity index (χ0n) is 42.8. The molecule has 8 bridgehead atoms. The molecular weight excluding hydrogens is 817 g/mol. The molecule has 4 aromatic rings. The summed E-state index contributed by atoms with van der Waals surface area (Å²) in [5.74, 6) is 1.56. The molecule has 12 rings (SSSR count). The second kappa shape index (κ2) is 18.0. The van der Waals surface area contributed by atoms with Gasteiger partial charge in [-0.1, -0.05) is 146 Å². The predicted octanol–water partition coefficient (Wildman–Crippen LogP) is 19.0. The minimum Gasteiger partial charge on any atom is -0.0871 e. The van der Waals surface area contributed by atoms with E-state index in [0.29, 0.717) is 0 Å². The third-order valence-corrected chi connectivity index (χ3v) is 18.5. The first-order valence-corrected chi connectivity index (χ1v) is 26.6. The maximum atomic E-state index is 2.65. The minimum atomic E-state index is -0.00118. The van der Waals surface area contributed by atoms with Crippen LogP contribution in [-0.4, -0.2) is 0 Å². The maximum Gasteiger partial charge on any atom is -0.00241 e. The van der Waals surface area contributed by atoms with E-state index in [2.05, 4.69) is 225 Å². The highest BCUT2D eigenvalue weighted by Crippen LogP contribution is 2.83. The molecule has 0 amide bonds. The molecule has 2 unspecified atom stereocenters. The first-order chi connectivity index (χ1) is 32.9. The van der Waals surface area contributed by atoms with Gasteiger partial charge in [0, 0.05) is 0 Å². The molecule has 350 valence electrons. The number of rotatable bonds is 13. The van der Waals surface area contributed by atoms with Gasteiger partial charge in [0.15, 0.2) is 0 Å². The van der Waals surface area contributed by atoms with Gasteiger partial charge in [0.25, 0.3) is 0 Å². The number of hydrogen-bond acceptors (Lipinski definition) is 0. The van der Waals surface area contributed by atoms with E-state index in [9.17, 15) is 0 Å². The van der Waals surface area contributed by atoms with Crippen molar-refractivity contribution in [2.75, 3.05) is 0 Å². The molecule has 8 aliphatic rings. The molecular formula is C68H78. The van der Waals surface area contributed by atoms with Gasteiger partial charge in [-0.3, -0.25) is 0 Å². The smallest absolute Gasteiger partial charge is 0.00241 e. The van der Waals surface area contributed by atoms with Crippen LogP contribution in [-0.2, 0) is 21.7 Å². The number of benzene rings is 4. The molecule has 0 radical (unpaired) electrons. The van der Waals surface area contributed by atoms with Crippen LogP contribution in [0.2, 0.25) is 0 Å². The third kappa shape index (κ3) is 7.91. The molecule has 0 N–H and O–H groups in total. The van der Waals surface area contributed by atoms with E-state index >= 15 is 0 Å². The topological polar surface area (TPSA) is 0 Å². The highest BCUT2D eigenvalue weighted by molar-refractivity contribution is 5.66. The summed E-state index contributed by atoms with van der Waals surface area (Å²) in [4.78, 5) is 0. The fourth-order valence-corrected chi connectivity index (χ4v) is 17.6. The summed E-state index contributed by atoms with van der Waals surface area (Å²) in [6.45, 7) is 17.5. The van der Waals surface area contributed by atoms with Gasteiger partial charge in [-0.2, -0.15) is 0 Å². The summed E-state index contributed by atoms with van der Waals surface area (Å²) in [5, 5.41) is 0. The Bertz CT molecular complexity index is 2460. The molecule has 0 nitrogen and oxygen atoms in total. The van der Waals surface area contributed by atoms with Gasteiger partial charge in [-0.25, -0.2) is 0 Å². The molecule has 0 heteroatoms. The van der Waals surface area contributed by atoms with Crippen molar-refractivity contribution in [3.63, 3.8) is 0 Å². The summed E-state index contributed by atoms with van der Waals surface area (Å²) < 4.78 is 0. The van der Waals surface area contributed by atoms with E-state index in [4.69, 9.17) is 0 Å². The Hall–Kier alpha value is -5.20. The van der Waals surface area contributed by atoms with E-state index < -0.39 is 0 Å². The SMILES string of the molecule is C/C=C\c1cc(/C=C\C)cc(C23CC4CC(C2)CC(C25CC6(c7cc(/C=C\C)cc(/C=C\C)c7)CC(c7cc(/C=C\C)cc(/C=C\C)c7)(CC(c7cc(/C=C\C)cc(/C=C\C)c7)(C6)C2)C5)(C4)C3)c1. The fraction of sp³-hybridized carbons (Fsp3) is 0.412. The highest BCUT2D eigenvalue weighted by atomic mass is 14.8. The Kier molecular flexibility index (Phi) is 12.3. The van der Waals surface area contributed by atoms with Gasteiger partial charge >= 0.3 is 0 Å². The minimum absolute atomic E-state index is 0.00118. The average molecular weight is 895 g/mol. The van der Waals surface area contributed by atoms with Crippen LogP contribution in [0.3, 0.4) is 0 Å². The van der Waals surface area contributed by atoms with Crippen molar-refractivity contribution in [2.45, 2.75) is 154 Å². The standard InChI is InChI=1S/C68H78/c1-9-17-49-25-50(18-10-2)31-59(30-49)63-38-57-29-58(39-63)41-67(40-57,45-63)68-46-64(60-32-51(19-11-3)26-52(33-60)20-12-4)42-65(47-68,61-34-53(21-13-5)27-54(35-61)22-14-6)44-66(43-64,48-68)62-36-55(23-15-7)28-56(37-62)24-16-8/h9-28,30-37,57-58H,29,38-48H2,1-8H3/b17-9-,18-10-,19-11-,20-12-,21-13-,22-14-,23-15-,24-16-. The van der Waals surface area contributed by atoms with Crippen LogP contribution >= 0.6 is 0 Å². The van der Waals surface area contributed by atoms with Crippen LogP contribution in [0.1, 0.15) is 199 Å². The molecule has 2 atom stereocenters. The normalized spacial score (nSPS) is 33.1. The van der Waals surface area contributed by atoms with Gasteiger partial charge in [0.2, 0.25) is 0 Å². The predicted molar refractivity (Wildman–Crippen MR) is 297 cm³/mol. The zero-order valence-corrected chi connectivity index (χ0v) is 42.8. The lowest BCUT2D eigenvalue weighted by molar-refractivity contribution is -0.225. The van der Waals surface area contributed by atoms with Gasteiger partial charge < -0.3 is 0 Å². The molecule has 0 aliphatic heterocycles. The Morgan fingerprint density at radius 2 is 0.515 bits per heavy atom. The van der Waals surface area contributed by atoms with Crippen molar-refractivity contribution in [3.05, 3.63) is 188 Å². The molecule has 0 heterocycles. The maximum absolute atomic E-state index is 2.65. The van der Waals surface area contributed by atoms with E-state index in [-0.39, 0.29) is 32.5 Å². The molecule has 8 aliphatic carbocycles. The third-order valence-electron chi connectivity index (χ3n) is 18.5. The van der Waals surface area contributed by atoms with E-state index in [0.717, 1.165) is 11.8 Å². The Labute approximate surface area is 411 Å². The van der Waals surface area contributed by atoms with Crippen molar-refractivity contribution in [2.24, 2.45) is 22.7 Å². The van der Waals surface area contributed by atoms with Crippen LogP contribution < -0.4 is 0 Å². The lowest BCUT2D eigenvalue weighted by Gasteiger charge is -2.78. The Morgan fingerprint density at radius 1 is 0.279 bits per heavy atom. The van der Waals surface area contributed by atoms with Crippen LogP contribution in [0.5, 0.6) is 0 Å². The quantitative estimate of drug-likeness (QED) is 0.125. The van der Waals surface area contributed by atoms with Crippen LogP contribution in [0.15, 0.2) is 121 Å². The summed E-state index contributed by atoms with van der Waals surface area (Å²) in [7, 11) is 0. The fourth-order valence-electron chi connectivity index (χ4n) is 17.6. The van der Waals surface area contributed by atoms with Crippen molar-refractivity contribution in [1.29, 1.82) is 0 Å². The molecule has 8 fully saturated rings. The Morgan fingerprint density at radius 3 is 0.765 bits per heavy atom. The lowest BCUT2D eigenvalue weighted by Crippen LogP contribution is -2.72. The van der Waals surface area contributed by atoms with Crippen molar-refractivity contribution in [1.82, 2.24) is 0 Å².